The molecule has 5 nitrogen and oxygen atoms in total. The van der Waals surface area contributed by atoms with E-state index in [2.05, 4.69) is 17.0 Å². The summed E-state index contributed by atoms with van der Waals surface area (Å²) in [6, 6.07) is 8.03. The molecule has 20 heavy (non-hydrogen) atoms. The quantitative estimate of drug-likeness (QED) is 0.833. The third-order valence-corrected chi connectivity index (χ3v) is 3.94. The van der Waals surface area contributed by atoms with Gasteiger partial charge in [0.1, 0.15) is 11.9 Å². The molecule has 1 atom stereocenters. The van der Waals surface area contributed by atoms with Crippen molar-refractivity contribution < 1.29 is 14.6 Å². The highest BCUT2D eigenvalue weighted by atomic mass is 16.5. The molecule has 1 saturated heterocycles. The van der Waals surface area contributed by atoms with Gasteiger partial charge in [0.2, 0.25) is 5.91 Å². The number of nitrogens with two attached hydrogens (primary N) is 1. The summed E-state index contributed by atoms with van der Waals surface area (Å²) in [6.07, 6.45) is 0.610. The Morgan fingerprint density at radius 2 is 2.00 bits per heavy atom. The third-order valence-electron chi connectivity index (χ3n) is 3.94. The predicted molar refractivity (Wildman–Crippen MR) is 76.2 cm³/mol. The minimum atomic E-state index is -1.00. The second kappa shape index (κ2) is 6.72. The summed E-state index contributed by atoms with van der Waals surface area (Å²) in [7, 11) is 1.66. The van der Waals surface area contributed by atoms with Gasteiger partial charge in [0, 0.05) is 6.54 Å². The molecule has 0 saturated carbocycles. The van der Waals surface area contributed by atoms with E-state index in [9.17, 15) is 9.90 Å². The topological polar surface area (TPSA) is 75.8 Å². The average molecular weight is 278 g/mol. The van der Waals surface area contributed by atoms with Gasteiger partial charge in [-0.15, -0.1) is 0 Å². The van der Waals surface area contributed by atoms with Crippen LogP contribution in [0.25, 0.3) is 0 Å². The highest BCUT2D eigenvalue weighted by molar-refractivity contribution is 5.78. The molecular formula is C15H22N2O3. The summed E-state index contributed by atoms with van der Waals surface area (Å²) in [4.78, 5) is 13.3. The van der Waals surface area contributed by atoms with Crippen LogP contribution in [0.2, 0.25) is 0 Å². The lowest BCUT2D eigenvalue weighted by Crippen LogP contribution is -2.42. The number of hydrogen-bond acceptors (Lipinski definition) is 4. The number of amides is 1. The fourth-order valence-electron chi connectivity index (χ4n) is 2.65. The molecule has 0 aliphatic carbocycles. The highest BCUT2D eigenvalue weighted by Gasteiger charge is 2.28. The molecule has 2 rings (SSSR count). The molecular weight excluding hydrogens is 256 g/mol. The molecule has 110 valence electrons. The Hall–Kier alpha value is -1.59. The maximum absolute atomic E-state index is 11.0. The molecule has 1 heterocycles. The van der Waals surface area contributed by atoms with Crippen molar-refractivity contribution in [1.82, 2.24) is 4.90 Å². The monoisotopic (exact) mass is 278 g/mol. The number of carbonyl (C=O) groups is 1. The number of likely N-dealkylation sites (tertiary alicyclic amines) is 1. The summed E-state index contributed by atoms with van der Waals surface area (Å²) >= 11 is 0. The Bertz CT molecular complexity index is 439. The number of primary amides is 1. The minimum absolute atomic E-state index is 0.000354. The van der Waals surface area contributed by atoms with Gasteiger partial charge in [-0.3, -0.25) is 9.69 Å². The van der Waals surface area contributed by atoms with Gasteiger partial charge in [-0.2, -0.15) is 0 Å². The summed E-state index contributed by atoms with van der Waals surface area (Å²) in [5, 5.41) is 9.68. The van der Waals surface area contributed by atoms with Crippen LogP contribution in [0.5, 0.6) is 5.75 Å². The lowest BCUT2D eigenvalue weighted by Gasteiger charge is -2.33. The number of benzene rings is 1. The zero-order chi connectivity index (χ0) is 14.5. The smallest absolute Gasteiger partial charge is 0.246 e. The summed E-state index contributed by atoms with van der Waals surface area (Å²) in [5.41, 5.74) is 6.37. The lowest BCUT2D eigenvalue weighted by molar-refractivity contribution is -0.129. The van der Waals surface area contributed by atoms with Crippen LogP contribution in [0.1, 0.15) is 18.4 Å². The van der Waals surface area contributed by atoms with E-state index in [1.807, 2.05) is 12.1 Å². The van der Waals surface area contributed by atoms with Gasteiger partial charge in [-0.25, -0.2) is 0 Å². The number of ether oxygens (including phenoxy) is 1. The number of aliphatic hydroxyl groups excluding tert-OH is 1. The van der Waals surface area contributed by atoms with Gasteiger partial charge in [0.05, 0.1) is 7.11 Å². The van der Waals surface area contributed by atoms with E-state index in [4.69, 9.17) is 10.5 Å². The van der Waals surface area contributed by atoms with E-state index in [0.29, 0.717) is 0 Å². The van der Waals surface area contributed by atoms with Crippen LogP contribution in [-0.2, 0) is 11.3 Å². The first-order valence-electron chi connectivity index (χ1n) is 6.93. The largest absolute Gasteiger partial charge is 0.497 e. The Balaban J connectivity index is 1.83. The van der Waals surface area contributed by atoms with Crippen molar-refractivity contribution in [1.29, 1.82) is 0 Å². The third kappa shape index (κ3) is 3.71. The fraction of sp³-hybridized carbons (Fsp3) is 0.533. The van der Waals surface area contributed by atoms with Gasteiger partial charge in [-0.1, -0.05) is 12.1 Å². The molecule has 1 amide bonds. The molecule has 1 aliphatic heterocycles. The standard InChI is InChI=1S/C15H22N2O3/c1-20-13-4-2-11(3-5-13)10-17-8-6-12(7-9-17)14(18)15(16)19/h2-5,12,14,18H,6-10H2,1H3,(H2,16,19). The number of methoxy groups -OCH3 is 1. The number of aliphatic hydroxyl groups is 1. The summed E-state index contributed by atoms with van der Waals surface area (Å²) < 4.78 is 5.14. The zero-order valence-electron chi connectivity index (χ0n) is 11.8. The minimum Gasteiger partial charge on any atom is -0.497 e. The first-order valence-corrected chi connectivity index (χ1v) is 6.93. The number of carbonyl (C=O) groups excluding carboxylic acids is 1. The second-order valence-corrected chi connectivity index (χ2v) is 5.31. The Labute approximate surface area is 119 Å². The molecule has 0 bridgehead atoms. The average Bonchev–Trinajstić information content (AvgIpc) is 2.48. The van der Waals surface area contributed by atoms with E-state index < -0.39 is 12.0 Å². The molecule has 1 fully saturated rings. The predicted octanol–water partition coefficient (Wildman–Crippen LogP) is 0.753. The molecule has 1 unspecified atom stereocenters. The summed E-state index contributed by atoms with van der Waals surface area (Å²) in [5.74, 6) is 0.246. The molecule has 5 heteroatoms. The number of nitrogens with zero attached hydrogens (tertiary/aromatic N) is 1. The van der Waals surface area contributed by atoms with Gasteiger partial charge >= 0.3 is 0 Å². The summed E-state index contributed by atoms with van der Waals surface area (Å²) in [6.45, 7) is 2.63. The number of hydrogen-bond donors (Lipinski definition) is 2. The van der Waals surface area contributed by atoms with Crippen LogP contribution in [0.3, 0.4) is 0 Å². The van der Waals surface area contributed by atoms with Crippen molar-refractivity contribution in [2.45, 2.75) is 25.5 Å². The van der Waals surface area contributed by atoms with E-state index in [1.54, 1.807) is 7.11 Å². The second-order valence-electron chi connectivity index (χ2n) is 5.31. The van der Waals surface area contributed by atoms with Gasteiger partial charge < -0.3 is 15.6 Å². The molecule has 1 aliphatic rings. The van der Waals surface area contributed by atoms with E-state index in [0.717, 1.165) is 38.2 Å². The van der Waals surface area contributed by atoms with Crippen molar-refractivity contribution in [3.8, 4) is 5.75 Å². The van der Waals surface area contributed by atoms with Gasteiger partial charge in [-0.05, 0) is 49.5 Å². The van der Waals surface area contributed by atoms with Crippen LogP contribution < -0.4 is 10.5 Å². The normalized spacial score (nSPS) is 18.7. The van der Waals surface area contributed by atoms with Crippen LogP contribution in [0.4, 0.5) is 0 Å². The SMILES string of the molecule is COc1ccc(CN2CCC(C(O)C(N)=O)CC2)cc1. The number of piperidine rings is 1. The maximum Gasteiger partial charge on any atom is 0.246 e. The van der Waals surface area contributed by atoms with Gasteiger partial charge in [0.15, 0.2) is 0 Å². The molecule has 1 aromatic rings. The van der Waals surface area contributed by atoms with Crippen molar-refractivity contribution in [2.24, 2.45) is 11.7 Å². The van der Waals surface area contributed by atoms with Crippen molar-refractivity contribution in [2.75, 3.05) is 20.2 Å². The van der Waals surface area contributed by atoms with Crippen molar-refractivity contribution in [3.63, 3.8) is 0 Å². The van der Waals surface area contributed by atoms with E-state index in [-0.39, 0.29) is 5.92 Å². The Kier molecular flexibility index (Phi) is 4.98. The Morgan fingerprint density at radius 3 is 2.50 bits per heavy atom. The van der Waals surface area contributed by atoms with Crippen molar-refractivity contribution in [3.05, 3.63) is 29.8 Å². The molecule has 0 aromatic heterocycles. The molecule has 0 spiro atoms. The van der Waals surface area contributed by atoms with Crippen LogP contribution in [-0.4, -0.2) is 42.2 Å². The lowest BCUT2D eigenvalue weighted by atomic mass is 9.90. The first-order chi connectivity index (χ1) is 9.60. The van der Waals surface area contributed by atoms with Crippen LogP contribution >= 0.6 is 0 Å². The molecule has 0 radical (unpaired) electrons. The maximum atomic E-state index is 11.0. The fourth-order valence-corrected chi connectivity index (χ4v) is 2.65. The Morgan fingerprint density at radius 1 is 1.40 bits per heavy atom. The first kappa shape index (κ1) is 14.8. The van der Waals surface area contributed by atoms with E-state index in [1.165, 1.54) is 5.56 Å². The highest BCUT2D eigenvalue weighted by Crippen LogP contribution is 2.22. The molecule has 3 N–H and O–H groups in total. The van der Waals surface area contributed by atoms with E-state index >= 15 is 0 Å². The van der Waals surface area contributed by atoms with Gasteiger partial charge in [0.25, 0.3) is 0 Å². The zero-order valence-corrected chi connectivity index (χ0v) is 11.8. The van der Waals surface area contributed by atoms with Crippen LogP contribution in [0, 0.1) is 5.92 Å². The number of rotatable bonds is 5. The van der Waals surface area contributed by atoms with Crippen molar-refractivity contribution >= 4 is 5.91 Å². The molecule has 1 aromatic carbocycles. The van der Waals surface area contributed by atoms with Crippen LogP contribution in [0.15, 0.2) is 24.3 Å².